The number of amides is 1. The Morgan fingerprint density at radius 1 is 0.564 bits per heavy atom. The summed E-state index contributed by atoms with van der Waals surface area (Å²) >= 11 is 0. The maximum absolute atomic E-state index is 13.2. The molecule has 9 heteroatoms. The van der Waals surface area contributed by atoms with E-state index in [9.17, 15) is 31.1 Å². The van der Waals surface area contributed by atoms with Crippen molar-refractivity contribution in [3.63, 3.8) is 0 Å². The first kappa shape index (κ1) is 27.9. The molecule has 0 unspecified atom stereocenters. The molecule has 0 atom stereocenters. The number of nitrogens with one attached hydrogen (secondary N) is 2. The minimum absolute atomic E-state index is 0.0564. The Morgan fingerprint density at radius 2 is 0.949 bits per heavy atom. The lowest BCUT2D eigenvalue weighted by atomic mass is 9.77. The number of carbonyl (C=O) groups is 1. The van der Waals surface area contributed by atoms with Crippen molar-refractivity contribution in [3.8, 4) is 0 Å². The molecule has 1 amide bonds. The van der Waals surface area contributed by atoms with Crippen LogP contribution in [0.3, 0.4) is 0 Å². The molecular weight excluding hydrogens is 518 g/mol. The van der Waals surface area contributed by atoms with Gasteiger partial charge in [0.25, 0.3) is 0 Å². The molecule has 2 N–H and O–H groups in total. The Morgan fingerprint density at radius 3 is 1.31 bits per heavy atom. The lowest BCUT2D eigenvalue weighted by Gasteiger charge is -2.37. The van der Waals surface area contributed by atoms with Gasteiger partial charge in [0, 0.05) is 6.54 Å². The van der Waals surface area contributed by atoms with Crippen LogP contribution in [0.4, 0.5) is 26.3 Å². The molecule has 0 radical (unpaired) electrons. The van der Waals surface area contributed by atoms with E-state index in [2.05, 4.69) is 10.6 Å². The monoisotopic (exact) mass is 542 g/mol. The fraction of sp³-hybridized carbons (Fsp3) is 0.167. The third-order valence-corrected chi connectivity index (χ3v) is 6.27. The van der Waals surface area contributed by atoms with E-state index in [1.165, 1.54) is 0 Å². The molecule has 4 rings (SSSR count). The molecule has 39 heavy (non-hydrogen) atoms. The molecule has 4 aromatic carbocycles. The van der Waals surface area contributed by atoms with Gasteiger partial charge in [-0.2, -0.15) is 26.3 Å². The number of benzene rings is 4. The number of hydrogen-bond donors (Lipinski definition) is 2. The molecule has 0 saturated carbocycles. The predicted octanol–water partition coefficient (Wildman–Crippen LogP) is 6.92. The van der Waals surface area contributed by atoms with Crippen LogP contribution in [-0.2, 0) is 29.2 Å². The first-order valence-electron chi connectivity index (χ1n) is 12.0. The maximum Gasteiger partial charge on any atom is 0.416 e. The fourth-order valence-corrected chi connectivity index (χ4v) is 4.47. The summed E-state index contributed by atoms with van der Waals surface area (Å²) in [6.07, 6.45) is -9.94. The van der Waals surface area contributed by atoms with Crippen molar-refractivity contribution in [1.82, 2.24) is 10.6 Å². The van der Waals surface area contributed by atoms with Gasteiger partial charge in [-0.05, 0) is 40.5 Å². The second-order valence-electron chi connectivity index (χ2n) is 8.89. The Hall–Kier alpha value is -4.11. The first-order valence-corrected chi connectivity index (χ1v) is 12.0. The van der Waals surface area contributed by atoms with Gasteiger partial charge in [-0.1, -0.05) is 91.0 Å². The van der Waals surface area contributed by atoms with Crippen LogP contribution in [0.5, 0.6) is 0 Å². The molecule has 0 bridgehead atoms. The first-order chi connectivity index (χ1) is 18.5. The molecule has 0 aliphatic carbocycles. The number of alkyl halides is 6. The normalized spacial score (nSPS) is 12.3. The Balaban J connectivity index is 1.62. The zero-order chi connectivity index (χ0) is 28.1. The van der Waals surface area contributed by atoms with Crippen molar-refractivity contribution < 1.29 is 31.1 Å². The van der Waals surface area contributed by atoms with Crippen molar-refractivity contribution in [1.29, 1.82) is 0 Å². The minimum Gasteiger partial charge on any atom is -0.351 e. The molecule has 0 spiro atoms. The largest absolute Gasteiger partial charge is 0.416 e. The predicted molar refractivity (Wildman–Crippen MR) is 136 cm³/mol. The van der Waals surface area contributed by atoms with Gasteiger partial charge in [-0.3, -0.25) is 10.1 Å². The van der Waals surface area contributed by atoms with Crippen molar-refractivity contribution in [2.75, 3.05) is 6.54 Å². The second kappa shape index (κ2) is 11.3. The van der Waals surface area contributed by atoms with Crippen molar-refractivity contribution in [2.45, 2.75) is 24.4 Å². The summed E-state index contributed by atoms with van der Waals surface area (Å²) < 4.78 is 79.2. The molecular formula is C30H24F6N2O. The van der Waals surface area contributed by atoms with E-state index in [1.807, 2.05) is 91.0 Å². The molecule has 0 saturated heterocycles. The van der Waals surface area contributed by atoms with E-state index in [4.69, 9.17) is 0 Å². The molecule has 4 aromatic rings. The lowest BCUT2D eigenvalue weighted by molar-refractivity contribution is -0.143. The molecule has 0 aromatic heterocycles. The van der Waals surface area contributed by atoms with E-state index in [1.54, 1.807) is 0 Å². The quantitative estimate of drug-likeness (QED) is 0.187. The summed E-state index contributed by atoms with van der Waals surface area (Å²) in [7, 11) is 0. The van der Waals surface area contributed by atoms with E-state index in [-0.39, 0.29) is 18.2 Å². The fourth-order valence-electron chi connectivity index (χ4n) is 4.47. The smallest absolute Gasteiger partial charge is 0.351 e. The number of rotatable bonds is 8. The van der Waals surface area contributed by atoms with Crippen LogP contribution < -0.4 is 10.6 Å². The van der Waals surface area contributed by atoms with Crippen molar-refractivity contribution in [3.05, 3.63) is 143 Å². The summed E-state index contributed by atoms with van der Waals surface area (Å²) in [5, 5.41) is 5.76. The lowest BCUT2D eigenvalue weighted by Crippen LogP contribution is -2.48. The van der Waals surface area contributed by atoms with Gasteiger partial charge in [0.1, 0.15) is 0 Å². The maximum atomic E-state index is 13.2. The molecule has 3 nitrogen and oxygen atoms in total. The summed E-state index contributed by atoms with van der Waals surface area (Å²) in [6, 6.07) is 29.5. The Labute approximate surface area is 221 Å². The topological polar surface area (TPSA) is 41.1 Å². The van der Waals surface area contributed by atoms with Crippen LogP contribution in [0.2, 0.25) is 0 Å². The zero-order valence-electron chi connectivity index (χ0n) is 20.5. The van der Waals surface area contributed by atoms with E-state index >= 15 is 0 Å². The summed E-state index contributed by atoms with van der Waals surface area (Å²) in [5.74, 6) is -0.604. The third-order valence-electron chi connectivity index (χ3n) is 6.27. The second-order valence-corrected chi connectivity index (χ2v) is 8.89. The highest BCUT2D eigenvalue weighted by Gasteiger charge is 2.38. The highest BCUT2D eigenvalue weighted by molar-refractivity contribution is 5.78. The average Bonchev–Trinajstić information content (AvgIpc) is 2.93. The van der Waals surface area contributed by atoms with Crippen LogP contribution in [0.25, 0.3) is 0 Å². The van der Waals surface area contributed by atoms with Gasteiger partial charge >= 0.3 is 12.4 Å². The van der Waals surface area contributed by atoms with E-state index in [0.717, 1.165) is 16.7 Å². The van der Waals surface area contributed by atoms with Crippen LogP contribution >= 0.6 is 0 Å². The average molecular weight is 543 g/mol. The summed E-state index contributed by atoms with van der Waals surface area (Å²) in [6.45, 7) is -0.785. The molecule has 0 aliphatic heterocycles. The SMILES string of the molecule is O=C(CNC(c1ccccc1)(c1ccccc1)c1ccccc1)NCc1cc(C(F)(F)F)cc(C(F)(F)F)c1. The van der Waals surface area contributed by atoms with Gasteiger partial charge < -0.3 is 5.32 Å². The van der Waals surface area contributed by atoms with Gasteiger partial charge in [-0.25, -0.2) is 0 Å². The van der Waals surface area contributed by atoms with Gasteiger partial charge in [-0.15, -0.1) is 0 Å². The van der Waals surface area contributed by atoms with E-state index < -0.39 is 41.5 Å². The van der Waals surface area contributed by atoms with E-state index in [0.29, 0.717) is 12.1 Å². The summed E-state index contributed by atoms with van der Waals surface area (Å²) in [5.41, 5.74) is -1.65. The number of hydrogen-bond acceptors (Lipinski definition) is 2. The zero-order valence-corrected chi connectivity index (χ0v) is 20.5. The van der Waals surface area contributed by atoms with Crippen LogP contribution in [-0.4, -0.2) is 12.5 Å². The van der Waals surface area contributed by atoms with Gasteiger partial charge in [0.15, 0.2) is 0 Å². The highest BCUT2D eigenvalue weighted by Crippen LogP contribution is 2.37. The Bertz CT molecular complexity index is 1260. The number of halogens is 6. The minimum atomic E-state index is -4.97. The standard InChI is InChI=1S/C30H24F6N2O/c31-29(32,33)25-16-21(17-26(18-25)30(34,35)36)19-37-27(39)20-38-28(22-10-4-1-5-11-22,23-12-6-2-7-13-23)24-14-8-3-9-15-24/h1-18,38H,19-20H2,(H,37,39). The number of carbonyl (C=O) groups excluding carboxylic acids is 1. The molecule has 0 fully saturated rings. The Kier molecular flexibility index (Phi) is 8.11. The molecule has 0 aliphatic rings. The van der Waals surface area contributed by atoms with Crippen LogP contribution in [0, 0.1) is 0 Å². The van der Waals surface area contributed by atoms with Crippen LogP contribution in [0.15, 0.2) is 109 Å². The molecule has 202 valence electrons. The van der Waals surface area contributed by atoms with Gasteiger partial charge in [0.2, 0.25) is 5.91 Å². The van der Waals surface area contributed by atoms with Crippen LogP contribution in [0.1, 0.15) is 33.4 Å². The van der Waals surface area contributed by atoms with Crippen molar-refractivity contribution in [2.24, 2.45) is 0 Å². The molecule has 0 heterocycles. The summed E-state index contributed by atoms with van der Waals surface area (Å²) in [4.78, 5) is 12.9. The van der Waals surface area contributed by atoms with Crippen molar-refractivity contribution >= 4 is 5.91 Å². The highest BCUT2D eigenvalue weighted by atomic mass is 19.4. The third kappa shape index (κ3) is 6.49. The van der Waals surface area contributed by atoms with Gasteiger partial charge in [0.05, 0.1) is 23.2 Å².